The van der Waals surface area contributed by atoms with E-state index >= 15 is 0 Å². The predicted octanol–water partition coefficient (Wildman–Crippen LogP) is 3.89. The zero-order valence-electron chi connectivity index (χ0n) is 18.4. The molecule has 2 unspecified atom stereocenters. The van der Waals surface area contributed by atoms with Gasteiger partial charge in [0, 0.05) is 34.0 Å². The van der Waals surface area contributed by atoms with Crippen LogP contribution in [0.3, 0.4) is 0 Å². The van der Waals surface area contributed by atoms with E-state index in [1.807, 2.05) is 30.3 Å². The van der Waals surface area contributed by atoms with E-state index in [9.17, 15) is 9.59 Å². The van der Waals surface area contributed by atoms with Gasteiger partial charge in [0.25, 0.3) is 0 Å². The molecule has 0 bridgehead atoms. The molecule has 34 heavy (non-hydrogen) atoms. The first-order valence-corrected chi connectivity index (χ1v) is 11.5. The van der Waals surface area contributed by atoms with Crippen LogP contribution in [0.25, 0.3) is 5.57 Å². The van der Waals surface area contributed by atoms with E-state index in [1.165, 1.54) is 0 Å². The Balaban J connectivity index is 1.11. The Morgan fingerprint density at radius 3 is 2.76 bits per heavy atom. The van der Waals surface area contributed by atoms with Crippen LogP contribution in [0, 0.1) is 0 Å². The molecule has 4 aliphatic rings. The normalized spacial score (nSPS) is 21.8. The highest BCUT2D eigenvalue weighted by molar-refractivity contribution is 6.40. The van der Waals surface area contributed by atoms with E-state index in [2.05, 4.69) is 39.8 Å². The third kappa shape index (κ3) is 3.72. The van der Waals surface area contributed by atoms with Gasteiger partial charge in [-0.3, -0.25) is 9.59 Å². The number of carbonyl (C=O) groups excluding carboxylic acids is 2. The molecule has 6 rings (SSSR count). The average Bonchev–Trinajstić information content (AvgIpc) is 2.88. The first kappa shape index (κ1) is 20.6. The molecule has 2 amide bonds. The summed E-state index contributed by atoms with van der Waals surface area (Å²) in [5.41, 5.74) is 11.1. The van der Waals surface area contributed by atoms with E-state index in [4.69, 9.17) is 9.68 Å². The quantitative estimate of drug-likeness (QED) is 0.512. The van der Waals surface area contributed by atoms with Crippen molar-refractivity contribution in [3.8, 4) is 5.75 Å². The maximum Gasteiger partial charge on any atom is 0.314 e. The van der Waals surface area contributed by atoms with Crippen molar-refractivity contribution in [1.82, 2.24) is 10.8 Å². The predicted molar refractivity (Wildman–Crippen MR) is 127 cm³/mol. The number of benzene rings is 2. The molecule has 2 atom stereocenters. The average molecular weight is 457 g/mol. The molecule has 0 spiro atoms. The lowest BCUT2D eigenvalue weighted by Crippen LogP contribution is -2.44. The van der Waals surface area contributed by atoms with Gasteiger partial charge in [0.15, 0.2) is 11.5 Å². The Kier molecular flexibility index (Phi) is 5.07. The molecule has 2 aliphatic carbocycles. The van der Waals surface area contributed by atoms with Gasteiger partial charge < -0.3 is 20.3 Å². The molecule has 0 saturated heterocycles. The minimum atomic E-state index is -0.727. The van der Waals surface area contributed by atoms with E-state index in [0.29, 0.717) is 17.8 Å². The number of hydrogen-bond acceptors (Lipinski definition) is 6. The summed E-state index contributed by atoms with van der Waals surface area (Å²) in [6, 6.07) is 13.3. The van der Waals surface area contributed by atoms with Gasteiger partial charge >= 0.3 is 11.8 Å². The summed E-state index contributed by atoms with van der Waals surface area (Å²) in [6.45, 7) is 0. The number of carbonyl (C=O) groups is 2. The lowest BCUT2D eigenvalue weighted by atomic mass is 9.82. The number of allylic oxidation sites excluding steroid dienone is 4. The van der Waals surface area contributed by atoms with Crippen LogP contribution in [0.1, 0.15) is 42.7 Å². The van der Waals surface area contributed by atoms with Crippen LogP contribution >= 0.6 is 0 Å². The van der Waals surface area contributed by atoms with Crippen LogP contribution in [0.5, 0.6) is 5.75 Å². The molecular formula is C26H24N4O4. The molecule has 4 N–H and O–H groups in total. The van der Waals surface area contributed by atoms with Crippen molar-refractivity contribution in [2.45, 2.75) is 37.6 Å². The van der Waals surface area contributed by atoms with Crippen molar-refractivity contribution in [3.05, 3.63) is 83.3 Å². The van der Waals surface area contributed by atoms with Crippen LogP contribution in [0.2, 0.25) is 0 Å². The van der Waals surface area contributed by atoms with Gasteiger partial charge in [-0.25, -0.2) is 5.48 Å². The topological polar surface area (TPSA) is 101 Å². The van der Waals surface area contributed by atoms with Crippen LogP contribution in [-0.2, 0) is 14.4 Å². The fourth-order valence-corrected chi connectivity index (χ4v) is 4.92. The molecule has 0 fully saturated rings. The van der Waals surface area contributed by atoms with Gasteiger partial charge in [-0.05, 0) is 62.1 Å². The van der Waals surface area contributed by atoms with E-state index in [-0.39, 0.29) is 12.0 Å². The smallest absolute Gasteiger partial charge is 0.314 e. The maximum absolute atomic E-state index is 12.6. The molecule has 8 heteroatoms. The summed E-state index contributed by atoms with van der Waals surface area (Å²) >= 11 is 0. The Morgan fingerprint density at radius 2 is 1.82 bits per heavy atom. The maximum atomic E-state index is 12.6. The Hall–Kier alpha value is -4.04. The van der Waals surface area contributed by atoms with Crippen molar-refractivity contribution in [2.75, 3.05) is 10.8 Å². The lowest BCUT2D eigenvalue weighted by Gasteiger charge is -2.35. The summed E-state index contributed by atoms with van der Waals surface area (Å²) in [4.78, 5) is 36.4. The second-order valence-electron chi connectivity index (χ2n) is 8.76. The molecule has 2 aliphatic heterocycles. The van der Waals surface area contributed by atoms with Gasteiger partial charge in [0.1, 0.15) is 0 Å². The minimum absolute atomic E-state index is 0.0678. The van der Waals surface area contributed by atoms with Crippen LogP contribution in [-0.4, -0.2) is 17.9 Å². The molecule has 2 aromatic rings. The Bertz CT molecular complexity index is 1280. The van der Waals surface area contributed by atoms with Gasteiger partial charge in [-0.1, -0.05) is 24.3 Å². The molecule has 2 aromatic carbocycles. The molecule has 2 heterocycles. The number of anilines is 2. The largest absolute Gasteiger partial charge is 0.408 e. The highest BCUT2D eigenvalue weighted by atomic mass is 16.7. The second kappa shape index (κ2) is 8.39. The summed E-state index contributed by atoms with van der Waals surface area (Å²) in [6.07, 6.45) is 9.56. The Morgan fingerprint density at radius 1 is 0.971 bits per heavy atom. The fraction of sp³-hybridized carbons (Fsp3) is 0.231. The third-order valence-corrected chi connectivity index (χ3v) is 6.59. The molecule has 0 aromatic heterocycles. The first-order chi connectivity index (χ1) is 16.7. The number of rotatable bonds is 2. The van der Waals surface area contributed by atoms with E-state index < -0.39 is 11.8 Å². The van der Waals surface area contributed by atoms with Gasteiger partial charge in [0.2, 0.25) is 0 Å². The summed E-state index contributed by atoms with van der Waals surface area (Å²) in [7, 11) is 0. The fourth-order valence-electron chi connectivity index (χ4n) is 4.92. The molecule has 172 valence electrons. The van der Waals surface area contributed by atoms with E-state index in [1.54, 1.807) is 12.1 Å². The zero-order chi connectivity index (χ0) is 23.1. The number of hydrogen-bond donors (Lipinski definition) is 4. The number of hydroxylamine groups is 1. The van der Waals surface area contributed by atoms with Crippen molar-refractivity contribution in [2.24, 2.45) is 0 Å². The monoisotopic (exact) mass is 456 g/mol. The Labute approximate surface area is 196 Å². The molecular weight excluding hydrogens is 432 g/mol. The summed E-state index contributed by atoms with van der Waals surface area (Å²) < 4.78 is 0. The first-order valence-electron chi connectivity index (χ1n) is 11.5. The molecule has 8 nitrogen and oxygen atoms in total. The van der Waals surface area contributed by atoms with Crippen molar-refractivity contribution in [3.63, 3.8) is 0 Å². The third-order valence-electron chi connectivity index (χ3n) is 6.59. The van der Waals surface area contributed by atoms with Crippen molar-refractivity contribution < 1.29 is 19.3 Å². The highest BCUT2D eigenvalue weighted by Crippen LogP contribution is 2.40. The highest BCUT2D eigenvalue weighted by Gasteiger charge is 2.33. The number of amides is 2. The van der Waals surface area contributed by atoms with Crippen LogP contribution in [0.15, 0.2) is 72.1 Å². The van der Waals surface area contributed by atoms with E-state index in [0.717, 1.165) is 53.2 Å². The summed E-state index contributed by atoms with van der Waals surface area (Å²) in [5, 5.41) is 5.43. The second-order valence-corrected chi connectivity index (χ2v) is 8.76. The van der Waals surface area contributed by atoms with Crippen molar-refractivity contribution >= 4 is 28.8 Å². The number of nitrogens with one attached hydrogen (secondary N) is 4. The van der Waals surface area contributed by atoms with Gasteiger partial charge in [0.05, 0.1) is 11.7 Å². The summed E-state index contributed by atoms with van der Waals surface area (Å²) in [5.74, 6) is 0.485. The minimum Gasteiger partial charge on any atom is -0.408 e. The SMILES string of the molecule is O=C(NC1=CC2NOc3ccccc3C2CC1)C(=O)Nc1ccc2c(c1)NOC1=CCCC=C12. The van der Waals surface area contributed by atoms with Crippen LogP contribution < -0.4 is 26.4 Å². The molecule has 0 radical (unpaired) electrons. The number of para-hydroxylation sites is 1. The van der Waals surface area contributed by atoms with Crippen LogP contribution in [0.4, 0.5) is 11.4 Å². The molecule has 0 saturated carbocycles. The van der Waals surface area contributed by atoms with Gasteiger partial charge in [-0.15, -0.1) is 5.48 Å². The lowest BCUT2D eigenvalue weighted by molar-refractivity contribution is -0.135. The van der Waals surface area contributed by atoms with Crippen molar-refractivity contribution in [1.29, 1.82) is 0 Å². The van der Waals surface area contributed by atoms with Gasteiger partial charge in [-0.2, -0.15) is 0 Å². The standard InChI is InChI=1S/C26H24N4O4/c31-25(27-15-9-11-17-19-5-1-3-7-23(19)33-29-21(17)13-15)26(32)28-16-10-12-18-20-6-2-4-8-24(20)34-30-22(18)14-16/h1,3,5-8,10,12-14,17,21,29-30H,2,4,9,11H2,(H,27,31)(H,28,32). The zero-order valence-corrected chi connectivity index (χ0v) is 18.4. The number of fused-ring (bicyclic) bond motifs is 6.